The molecule has 0 aliphatic heterocycles. The Bertz CT molecular complexity index is 632. The van der Waals surface area contributed by atoms with Crippen LogP contribution in [0, 0.1) is 5.41 Å². The first kappa shape index (κ1) is 14.2. The Balaban J connectivity index is 2.25. The van der Waals surface area contributed by atoms with Gasteiger partial charge in [-0.15, -0.1) is 25.3 Å². The highest BCUT2D eigenvalue weighted by Crippen LogP contribution is 2.22. The SMILES string of the molecule is CC(C)(C)C(=O)OCn1ccc2c(S)nc(S)nc21. The molecule has 0 saturated heterocycles. The molecular weight excluding hydrogens is 282 g/mol. The molecule has 7 heteroatoms. The van der Waals surface area contributed by atoms with Crippen LogP contribution in [0.15, 0.2) is 22.4 Å². The molecule has 0 aromatic carbocycles. The molecule has 0 spiro atoms. The highest BCUT2D eigenvalue weighted by Gasteiger charge is 2.23. The normalized spacial score (nSPS) is 11.8. The van der Waals surface area contributed by atoms with Crippen LogP contribution in [0.4, 0.5) is 0 Å². The van der Waals surface area contributed by atoms with E-state index in [4.69, 9.17) is 4.74 Å². The Morgan fingerprint density at radius 2 is 2.05 bits per heavy atom. The third kappa shape index (κ3) is 3.03. The van der Waals surface area contributed by atoms with Gasteiger partial charge in [0.25, 0.3) is 0 Å². The van der Waals surface area contributed by atoms with E-state index in [-0.39, 0.29) is 12.7 Å². The number of rotatable bonds is 2. The lowest BCUT2D eigenvalue weighted by molar-refractivity contribution is -0.156. The summed E-state index contributed by atoms with van der Waals surface area (Å²) >= 11 is 8.38. The summed E-state index contributed by atoms with van der Waals surface area (Å²) in [6.07, 6.45) is 1.78. The first-order valence-corrected chi connectivity index (χ1v) is 6.60. The van der Waals surface area contributed by atoms with Gasteiger partial charge < -0.3 is 4.74 Å². The second-order valence-electron chi connectivity index (χ2n) is 5.18. The van der Waals surface area contributed by atoms with E-state index in [1.807, 2.05) is 26.8 Å². The van der Waals surface area contributed by atoms with Crippen LogP contribution in [-0.4, -0.2) is 20.5 Å². The zero-order valence-electron chi connectivity index (χ0n) is 10.9. The van der Waals surface area contributed by atoms with Crippen molar-refractivity contribution in [3.8, 4) is 0 Å². The number of thiol groups is 2. The molecule has 2 heterocycles. The van der Waals surface area contributed by atoms with Gasteiger partial charge in [0, 0.05) is 6.20 Å². The van der Waals surface area contributed by atoms with E-state index in [0.717, 1.165) is 5.39 Å². The van der Waals surface area contributed by atoms with E-state index in [0.29, 0.717) is 15.8 Å². The molecule has 0 bridgehead atoms. The summed E-state index contributed by atoms with van der Waals surface area (Å²) < 4.78 is 6.97. The Morgan fingerprint density at radius 1 is 1.37 bits per heavy atom. The number of aromatic nitrogens is 3. The third-order valence-corrected chi connectivity index (χ3v) is 3.07. The van der Waals surface area contributed by atoms with Gasteiger partial charge >= 0.3 is 5.97 Å². The summed E-state index contributed by atoms with van der Waals surface area (Å²) in [6.45, 7) is 5.53. The molecule has 0 aliphatic rings. The Labute approximate surface area is 122 Å². The molecule has 0 aliphatic carbocycles. The highest BCUT2D eigenvalue weighted by molar-refractivity contribution is 7.81. The molecule has 2 aromatic heterocycles. The largest absolute Gasteiger partial charge is 0.443 e. The van der Waals surface area contributed by atoms with Crippen molar-refractivity contribution >= 4 is 42.3 Å². The summed E-state index contributed by atoms with van der Waals surface area (Å²) in [5, 5.41) is 1.68. The summed E-state index contributed by atoms with van der Waals surface area (Å²) in [4.78, 5) is 20.0. The standard InChI is InChI=1S/C12H15N3O2S2/c1-12(2,3)10(16)17-6-15-5-4-7-8(15)13-11(19)14-9(7)18/h4-5H,6H2,1-3H3,(H2,13,14,18,19). The fourth-order valence-electron chi connectivity index (χ4n) is 1.49. The van der Waals surface area contributed by atoms with Crippen LogP contribution in [0.2, 0.25) is 0 Å². The minimum Gasteiger partial charge on any atom is -0.443 e. The topological polar surface area (TPSA) is 57.0 Å². The van der Waals surface area contributed by atoms with E-state index >= 15 is 0 Å². The molecule has 0 N–H and O–H groups in total. The number of esters is 1. The van der Waals surface area contributed by atoms with Gasteiger partial charge in [-0.3, -0.25) is 9.36 Å². The van der Waals surface area contributed by atoms with Crippen LogP contribution >= 0.6 is 25.3 Å². The predicted molar refractivity (Wildman–Crippen MR) is 77.6 cm³/mol. The van der Waals surface area contributed by atoms with Crippen LogP contribution in [0.3, 0.4) is 0 Å². The van der Waals surface area contributed by atoms with Crippen molar-refractivity contribution < 1.29 is 9.53 Å². The third-order valence-electron chi connectivity index (χ3n) is 2.53. The smallest absolute Gasteiger partial charge is 0.312 e. The first-order valence-electron chi connectivity index (χ1n) is 5.71. The molecule has 0 atom stereocenters. The van der Waals surface area contributed by atoms with Gasteiger partial charge in [-0.2, -0.15) is 0 Å². The van der Waals surface area contributed by atoms with Crippen molar-refractivity contribution in [1.29, 1.82) is 0 Å². The lowest BCUT2D eigenvalue weighted by Crippen LogP contribution is -2.23. The lowest BCUT2D eigenvalue weighted by Gasteiger charge is -2.17. The fourth-order valence-corrected chi connectivity index (χ4v) is 2.03. The van der Waals surface area contributed by atoms with Crippen molar-refractivity contribution in [2.75, 3.05) is 0 Å². The van der Waals surface area contributed by atoms with Gasteiger partial charge in [0.05, 0.1) is 10.8 Å². The van der Waals surface area contributed by atoms with Crippen LogP contribution in [0.5, 0.6) is 0 Å². The molecule has 19 heavy (non-hydrogen) atoms. The van der Waals surface area contributed by atoms with Crippen LogP contribution in [0.25, 0.3) is 11.0 Å². The van der Waals surface area contributed by atoms with E-state index in [2.05, 4.69) is 35.2 Å². The van der Waals surface area contributed by atoms with Crippen molar-refractivity contribution in [2.45, 2.75) is 37.7 Å². The lowest BCUT2D eigenvalue weighted by atomic mass is 9.98. The average Bonchev–Trinajstić information content (AvgIpc) is 2.67. The number of carbonyl (C=O) groups excluding carboxylic acids is 1. The fraction of sp³-hybridized carbons (Fsp3) is 0.417. The Morgan fingerprint density at radius 3 is 2.68 bits per heavy atom. The number of fused-ring (bicyclic) bond motifs is 1. The number of ether oxygens (including phenoxy) is 1. The van der Waals surface area contributed by atoms with Gasteiger partial charge in [-0.25, -0.2) is 9.97 Å². The second kappa shape index (κ2) is 5.05. The second-order valence-corrected chi connectivity index (χ2v) is 6.00. The summed E-state index contributed by atoms with van der Waals surface area (Å²) in [6, 6.07) is 1.83. The number of hydrogen-bond donors (Lipinski definition) is 2. The molecule has 0 radical (unpaired) electrons. The minimum absolute atomic E-state index is 0.108. The van der Waals surface area contributed by atoms with Crippen molar-refractivity contribution in [3.05, 3.63) is 12.3 Å². The summed E-state index contributed by atoms with van der Waals surface area (Å²) in [7, 11) is 0. The molecule has 5 nitrogen and oxygen atoms in total. The van der Waals surface area contributed by atoms with E-state index < -0.39 is 5.41 Å². The van der Waals surface area contributed by atoms with Gasteiger partial charge in [0.15, 0.2) is 11.9 Å². The molecule has 102 valence electrons. The van der Waals surface area contributed by atoms with E-state index in [1.165, 1.54) is 0 Å². The van der Waals surface area contributed by atoms with Gasteiger partial charge in [0.1, 0.15) is 10.7 Å². The van der Waals surface area contributed by atoms with Gasteiger partial charge in [0.2, 0.25) is 0 Å². The highest BCUT2D eigenvalue weighted by atomic mass is 32.1. The van der Waals surface area contributed by atoms with Crippen LogP contribution in [0.1, 0.15) is 20.8 Å². The summed E-state index contributed by atoms with van der Waals surface area (Å²) in [5.74, 6) is -0.263. The van der Waals surface area contributed by atoms with E-state index in [9.17, 15) is 4.79 Å². The maximum absolute atomic E-state index is 11.7. The zero-order valence-corrected chi connectivity index (χ0v) is 12.7. The predicted octanol–water partition coefficient (Wildman–Crippen LogP) is 2.56. The molecule has 2 rings (SSSR count). The molecular formula is C12H15N3O2S2. The quantitative estimate of drug-likeness (QED) is 0.387. The monoisotopic (exact) mass is 297 g/mol. The maximum atomic E-state index is 11.7. The summed E-state index contributed by atoms with van der Waals surface area (Å²) in [5.41, 5.74) is 0.119. The van der Waals surface area contributed by atoms with Crippen molar-refractivity contribution in [1.82, 2.24) is 14.5 Å². The van der Waals surface area contributed by atoms with Gasteiger partial charge in [-0.1, -0.05) is 0 Å². The van der Waals surface area contributed by atoms with Crippen molar-refractivity contribution in [2.24, 2.45) is 5.41 Å². The number of nitrogens with zero attached hydrogens (tertiary/aromatic N) is 3. The Kier molecular flexibility index (Phi) is 3.78. The van der Waals surface area contributed by atoms with Crippen LogP contribution < -0.4 is 0 Å². The molecule has 0 fully saturated rings. The molecule has 2 aromatic rings. The molecule has 0 saturated carbocycles. The maximum Gasteiger partial charge on any atom is 0.312 e. The Hall–Kier alpha value is -1.21. The molecule has 0 unspecified atom stereocenters. The van der Waals surface area contributed by atoms with Gasteiger partial charge in [-0.05, 0) is 26.8 Å². The minimum atomic E-state index is -0.526. The first-order chi connectivity index (χ1) is 8.79. The van der Waals surface area contributed by atoms with Crippen molar-refractivity contribution in [3.63, 3.8) is 0 Å². The number of hydrogen-bond acceptors (Lipinski definition) is 6. The van der Waals surface area contributed by atoms with E-state index in [1.54, 1.807) is 10.8 Å². The average molecular weight is 297 g/mol. The van der Waals surface area contributed by atoms with Crippen LogP contribution in [-0.2, 0) is 16.3 Å². The number of carbonyl (C=O) groups is 1. The molecule has 0 amide bonds. The zero-order chi connectivity index (χ0) is 14.2.